The monoisotopic (exact) mass is 695 g/mol. The quantitative estimate of drug-likeness (QED) is 0.121. The first kappa shape index (κ1) is 31.8. The maximum absolute atomic E-state index is 14.1. The van der Waals surface area contributed by atoms with Crippen molar-refractivity contribution in [3.63, 3.8) is 0 Å². The first-order valence-electron chi connectivity index (χ1n) is 13.9. The van der Waals surface area contributed by atoms with Crippen LogP contribution in [0.15, 0.2) is 86.2 Å². The zero-order valence-corrected chi connectivity index (χ0v) is 26.8. The van der Waals surface area contributed by atoms with Gasteiger partial charge in [0.1, 0.15) is 18.2 Å². The van der Waals surface area contributed by atoms with Crippen molar-refractivity contribution in [2.24, 2.45) is 4.99 Å². The Hall–Kier alpha value is -4.62. The van der Waals surface area contributed by atoms with Gasteiger partial charge < -0.3 is 14.2 Å². The summed E-state index contributed by atoms with van der Waals surface area (Å²) in [5.74, 6) is -0.516. The molecule has 1 aromatic heterocycles. The Morgan fingerprint density at radius 2 is 1.87 bits per heavy atom. The number of carbonyl (C=O) groups excluding carboxylic acids is 1. The SMILES string of the molecule is CCOC(=O)C1=C(C)N=c2s/c(=C\c3cc(Br)c(OCc4ccccc4F)c([N+](=O)[O-])c3)c(=O)n2[C@H]1c1ccc(OCC)cc1. The molecule has 0 N–H and O–H groups in total. The fourth-order valence-electron chi connectivity index (χ4n) is 4.90. The van der Waals surface area contributed by atoms with E-state index in [1.54, 1.807) is 50.2 Å². The number of nitro groups is 1. The lowest BCUT2D eigenvalue weighted by atomic mass is 9.96. The number of carbonyl (C=O) groups is 1. The molecule has 0 fully saturated rings. The molecule has 10 nitrogen and oxygen atoms in total. The van der Waals surface area contributed by atoms with E-state index in [1.165, 1.54) is 34.9 Å². The molecule has 4 aromatic rings. The molecule has 0 amide bonds. The van der Waals surface area contributed by atoms with Crippen LogP contribution in [0.4, 0.5) is 10.1 Å². The van der Waals surface area contributed by atoms with Gasteiger partial charge in [-0.2, -0.15) is 0 Å². The van der Waals surface area contributed by atoms with Crippen LogP contribution in [0.3, 0.4) is 0 Å². The van der Waals surface area contributed by atoms with E-state index in [2.05, 4.69) is 20.9 Å². The van der Waals surface area contributed by atoms with Crippen molar-refractivity contribution in [1.29, 1.82) is 0 Å². The number of fused-ring (bicyclic) bond motifs is 1. The van der Waals surface area contributed by atoms with Crippen LogP contribution in [-0.2, 0) is 16.1 Å². The van der Waals surface area contributed by atoms with E-state index >= 15 is 0 Å². The Kier molecular flexibility index (Phi) is 9.59. The van der Waals surface area contributed by atoms with E-state index in [0.29, 0.717) is 34.0 Å². The van der Waals surface area contributed by atoms with E-state index in [9.17, 15) is 24.1 Å². The highest BCUT2D eigenvalue weighted by atomic mass is 79.9. The fraction of sp³-hybridized carbons (Fsp3) is 0.219. The van der Waals surface area contributed by atoms with Gasteiger partial charge in [0, 0.05) is 11.6 Å². The number of ether oxygens (including phenoxy) is 3. The average Bonchev–Trinajstić information content (AvgIpc) is 3.30. The van der Waals surface area contributed by atoms with Crippen molar-refractivity contribution in [3.05, 3.63) is 129 Å². The molecular weight excluding hydrogens is 669 g/mol. The lowest BCUT2D eigenvalue weighted by molar-refractivity contribution is -0.386. The molecule has 232 valence electrons. The minimum atomic E-state index is -0.826. The van der Waals surface area contributed by atoms with Crippen LogP contribution in [0.1, 0.15) is 43.5 Å². The molecule has 0 bridgehead atoms. The first-order chi connectivity index (χ1) is 21.6. The zero-order chi connectivity index (χ0) is 32.2. The summed E-state index contributed by atoms with van der Waals surface area (Å²) in [5.41, 5.74) is 1.07. The van der Waals surface area contributed by atoms with Gasteiger partial charge in [0.05, 0.1) is 44.5 Å². The van der Waals surface area contributed by atoms with Gasteiger partial charge in [0.2, 0.25) is 5.75 Å². The summed E-state index contributed by atoms with van der Waals surface area (Å²) in [7, 11) is 0. The van der Waals surface area contributed by atoms with Crippen molar-refractivity contribution in [3.8, 4) is 11.5 Å². The summed E-state index contributed by atoms with van der Waals surface area (Å²) >= 11 is 4.43. The maximum Gasteiger partial charge on any atom is 0.338 e. The van der Waals surface area contributed by atoms with Crippen LogP contribution >= 0.6 is 27.3 Å². The van der Waals surface area contributed by atoms with Crippen molar-refractivity contribution < 1.29 is 28.3 Å². The third-order valence-electron chi connectivity index (χ3n) is 6.89. The highest BCUT2D eigenvalue weighted by Crippen LogP contribution is 2.37. The molecule has 0 radical (unpaired) electrons. The molecule has 1 aliphatic heterocycles. The Labute approximate surface area is 269 Å². The Morgan fingerprint density at radius 3 is 2.53 bits per heavy atom. The molecule has 1 atom stereocenters. The lowest BCUT2D eigenvalue weighted by Gasteiger charge is -2.24. The van der Waals surface area contributed by atoms with Gasteiger partial charge in [0.25, 0.3) is 5.56 Å². The summed E-state index contributed by atoms with van der Waals surface area (Å²) in [6, 6.07) is 15.1. The molecular formula is C32H27BrFN3O7S. The van der Waals surface area contributed by atoms with E-state index in [4.69, 9.17) is 14.2 Å². The fourth-order valence-corrected chi connectivity index (χ4v) is 6.53. The summed E-state index contributed by atoms with van der Waals surface area (Å²) in [4.78, 5) is 43.4. The van der Waals surface area contributed by atoms with Crippen LogP contribution in [0.25, 0.3) is 6.08 Å². The predicted molar refractivity (Wildman–Crippen MR) is 170 cm³/mol. The van der Waals surface area contributed by atoms with Crippen LogP contribution in [-0.4, -0.2) is 28.7 Å². The molecule has 3 aromatic carbocycles. The molecule has 1 aliphatic rings. The second kappa shape index (κ2) is 13.6. The number of hydrogen-bond donors (Lipinski definition) is 0. The van der Waals surface area contributed by atoms with Crippen molar-refractivity contribution in [2.45, 2.75) is 33.4 Å². The topological polar surface area (TPSA) is 122 Å². The first-order valence-corrected chi connectivity index (χ1v) is 15.5. The molecule has 0 spiro atoms. The average molecular weight is 697 g/mol. The zero-order valence-electron chi connectivity index (χ0n) is 24.4. The highest BCUT2D eigenvalue weighted by Gasteiger charge is 2.33. The van der Waals surface area contributed by atoms with Crippen molar-refractivity contribution in [1.82, 2.24) is 4.57 Å². The van der Waals surface area contributed by atoms with Crippen LogP contribution < -0.4 is 24.4 Å². The normalized spacial score (nSPS) is 14.5. The molecule has 0 aliphatic carbocycles. The number of thiazole rings is 1. The van der Waals surface area contributed by atoms with Crippen LogP contribution in [0.2, 0.25) is 0 Å². The Bertz CT molecular complexity index is 2000. The summed E-state index contributed by atoms with van der Waals surface area (Å²) < 4.78 is 32.6. The van der Waals surface area contributed by atoms with Crippen LogP contribution in [0.5, 0.6) is 11.5 Å². The maximum atomic E-state index is 14.1. The molecule has 13 heteroatoms. The predicted octanol–water partition coefficient (Wildman–Crippen LogP) is 5.59. The minimum Gasteiger partial charge on any atom is -0.494 e. The molecule has 0 saturated heterocycles. The molecule has 0 saturated carbocycles. The number of halogens is 2. The number of nitrogens with zero attached hydrogens (tertiary/aromatic N) is 3. The van der Waals surface area contributed by atoms with Gasteiger partial charge in [-0.3, -0.25) is 19.5 Å². The lowest BCUT2D eigenvalue weighted by Crippen LogP contribution is -2.39. The number of hydrogen-bond acceptors (Lipinski definition) is 9. The summed E-state index contributed by atoms with van der Waals surface area (Å²) in [6.07, 6.45) is 1.51. The molecule has 2 heterocycles. The van der Waals surface area contributed by atoms with E-state index in [1.807, 2.05) is 6.92 Å². The van der Waals surface area contributed by atoms with Gasteiger partial charge in [-0.25, -0.2) is 14.2 Å². The molecule has 45 heavy (non-hydrogen) atoms. The van der Waals surface area contributed by atoms with E-state index in [-0.39, 0.29) is 44.8 Å². The highest BCUT2D eigenvalue weighted by molar-refractivity contribution is 9.10. The summed E-state index contributed by atoms with van der Waals surface area (Å²) in [6.45, 7) is 5.65. The van der Waals surface area contributed by atoms with Crippen molar-refractivity contribution in [2.75, 3.05) is 13.2 Å². The largest absolute Gasteiger partial charge is 0.494 e. The Morgan fingerprint density at radius 1 is 1.13 bits per heavy atom. The standard InChI is InChI=1S/C32H27BrFN3O7S/c1-4-42-22-12-10-20(11-13-22)28-27(31(39)43-5-2)18(3)35-32-36(28)30(38)26(45-32)16-19-14-23(33)29(25(15-19)37(40)41)44-17-21-8-6-7-9-24(21)34/h6-16,28H,4-5,17H2,1-3H3/b26-16-/t28-/m0/s1. The smallest absolute Gasteiger partial charge is 0.338 e. The van der Waals surface area contributed by atoms with Gasteiger partial charge in [0.15, 0.2) is 4.80 Å². The number of esters is 1. The van der Waals surface area contributed by atoms with Gasteiger partial charge >= 0.3 is 11.7 Å². The number of benzene rings is 3. The van der Waals surface area contributed by atoms with E-state index < -0.39 is 28.3 Å². The van der Waals surface area contributed by atoms with Gasteiger partial charge in [-0.1, -0.05) is 41.7 Å². The minimum absolute atomic E-state index is 0.0768. The van der Waals surface area contributed by atoms with Crippen LogP contribution in [0, 0.1) is 15.9 Å². The summed E-state index contributed by atoms with van der Waals surface area (Å²) in [5, 5.41) is 12.0. The van der Waals surface area contributed by atoms with E-state index in [0.717, 1.165) is 11.3 Å². The van der Waals surface area contributed by atoms with Gasteiger partial charge in [-0.15, -0.1) is 0 Å². The van der Waals surface area contributed by atoms with Gasteiger partial charge in [-0.05, 0) is 78.2 Å². The second-order valence-corrected chi connectivity index (χ2v) is 11.7. The number of aromatic nitrogens is 1. The number of nitro benzene ring substituents is 1. The Balaban J connectivity index is 1.60. The molecule has 5 rings (SSSR count). The third kappa shape index (κ3) is 6.59. The molecule has 0 unspecified atom stereocenters. The number of allylic oxidation sites excluding steroid dienone is 1. The third-order valence-corrected chi connectivity index (χ3v) is 8.47. The number of rotatable bonds is 10. The van der Waals surface area contributed by atoms with Crippen molar-refractivity contribution >= 4 is 45.0 Å². The second-order valence-electron chi connectivity index (χ2n) is 9.79.